The molecule has 4 N–H and O–H groups in total. The second kappa shape index (κ2) is 4.58. The van der Waals surface area contributed by atoms with Crippen molar-refractivity contribution >= 4 is 15.7 Å². The van der Waals surface area contributed by atoms with Crippen LogP contribution in [0.25, 0.3) is 0 Å². The summed E-state index contributed by atoms with van der Waals surface area (Å²) in [6.45, 7) is 0. The van der Waals surface area contributed by atoms with Gasteiger partial charge >= 0.3 is 0 Å². The Morgan fingerprint density at radius 1 is 1.56 bits per heavy atom. The van der Waals surface area contributed by atoms with Gasteiger partial charge in [-0.25, -0.2) is 8.42 Å². The summed E-state index contributed by atoms with van der Waals surface area (Å²) in [6, 6.07) is -0.727. The molecule has 1 amide bonds. The molecular weight excluding hydrogens is 236 g/mol. The molecule has 0 bridgehead atoms. The zero-order chi connectivity index (χ0) is 12.3. The first-order chi connectivity index (χ1) is 7.29. The van der Waals surface area contributed by atoms with Crippen molar-refractivity contribution in [3.63, 3.8) is 0 Å². The Bertz CT molecular complexity index is 480. The summed E-state index contributed by atoms with van der Waals surface area (Å²) >= 11 is 0. The maximum absolute atomic E-state index is 10.9. The van der Waals surface area contributed by atoms with E-state index in [9.17, 15) is 13.2 Å². The fraction of sp³-hybridized carbons (Fsp3) is 0.571. The predicted octanol–water partition coefficient (Wildman–Crippen LogP) is -1.40. The summed E-state index contributed by atoms with van der Waals surface area (Å²) in [7, 11) is -3.10. The van der Waals surface area contributed by atoms with Gasteiger partial charge in [-0.2, -0.15) is 4.98 Å². The molecule has 90 valence electrons. The van der Waals surface area contributed by atoms with E-state index in [1.165, 1.54) is 0 Å². The Hall–Kier alpha value is -1.48. The number of rotatable bonds is 5. The van der Waals surface area contributed by atoms with Crippen LogP contribution in [-0.4, -0.2) is 36.5 Å². The Morgan fingerprint density at radius 2 is 2.19 bits per heavy atom. The van der Waals surface area contributed by atoms with E-state index in [0.717, 1.165) is 6.26 Å². The second-order valence-electron chi connectivity index (χ2n) is 3.35. The summed E-state index contributed by atoms with van der Waals surface area (Å²) < 4.78 is 26.4. The fourth-order valence-corrected chi connectivity index (χ4v) is 1.63. The number of hydrogen-bond acceptors (Lipinski definition) is 7. The van der Waals surface area contributed by atoms with Crippen LogP contribution < -0.4 is 11.5 Å². The van der Waals surface area contributed by atoms with Gasteiger partial charge < -0.3 is 16.0 Å². The third-order valence-corrected chi connectivity index (χ3v) is 2.76. The minimum Gasteiger partial charge on any atom is -0.363 e. The Balaban J connectivity index is 2.66. The number of carbonyl (C=O) groups excluding carboxylic acids is 1. The third-order valence-electron chi connectivity index (χ3n) is 1.78. The van der Waals surface area contributed by atoms with E-state index in [2.05, 4.69) is 14.7 Å². The Kier molecular flexibility index (Phi) is 3.60. The van der Waals surface area contributed by atoms with Crippen molar-refractivity contribution in [2.45, 2.75) is 12.5 Å². The van der Waals surface area contributed by atoms with Gasteiger partial charge in [0, 0.05) is 6.26 Å². The largest absolute Gasteiger partial charge is 0.363 e. The van der Waals surface area contributed by atoms with E-state index in [1.807, 2.05) is 0 Å². The molecule has 1 aromatic rings. The summed E-state index contributed by atoms with van der Waals surface area (Å²) in [4.78, 5) is 14.3. The maximum Gasteiger partial charge on any atom is 0.290 e. The quantitative estimate of drug-likeness (QED) is 0.652. The van der Waals surface area contributed by atoms with E-state index in [-0.39, 0.29) is 23.9 Å². The van der Waals surface area contributed by atoms with Crippen LogP contribution >= 0.6 is 0 Å². The van der Waals surface area contributed by atoms with Crippen LogP contribution in [0.5, 0.6) is 0 Å². The van der Waals surface area contributed by atoms with Gasteiger partial charge in [-0.1, -0.05) is 5.16 Å². The molecule has 1 aromatic heterocycles. The average Bonchev–Trinajstić information content (AvgIpc) is 2.61. The van der Waals surface area contributed by atoms with E-state index in [1.54, 1.807) is 0 Å². The van der Waals surface area contributed by atoms with E-state index >= 15 is 0 Å². The molecular formula is C7H12N4O4S. The molecule has 1 rings (SSSR count). The van der Waals surface area contributed by atoms with Crippen LogP contribution in [-0.2, 0) is 9.84 Å². The van der Waals surface area contributed by atoms with Crippen LogP contribution in [0.2, 0.25) is 0 Å². The van der Waals surface area contributed by atoms with Gasteiger partial charge in [0.15, 0.2) is 0 Å². The summed E-state index contributed by atoms with van der Waals surface area (Å²) in [6.07, 6.45) is 1.24. The summed E-state index contributed by atoms with van der Waals surface area (Å²) in [5.41, 5.74) is 10.5. The lowest BCUT2D eigenvalue weighted by Gasteiger charge is -2.04. The summed E-state index contributed by atoms with van der Waals surface area (Å²) in [5, 5.41) is 3.29. The molecule has 0 saturated heterocycles. The number of sulfone groups is 1. The third kappa shape index (κ3) is 3.59. The highest BCUT2D eigenvalue weighted by Crippen LogP contribution is 2.12. The van der Waals surface area contributed by atoms with Gasteiger partial charge in [0.2, 0.25) is 5.89 Å². The molecule has 0 spiro atoms. The average molecular weight is 248 g/mol. The van der Waals surface area contributed by atoms with Crippen molar-refractivity contribution in [3.8, 4) is 0 Å². The number of hydrogen-bond donors (Lipinski definition) is 2. The molecule has 0 saturated carbocycles. The van der Waals surface area contributed by atoms with Crippen LogP contribution in [0.4, 0.5) is 0 Å². The molecule has 8 nitrogen and oxygen atoms in total. The van der Waals surface area contributed by atoms with Gasteiger partial charge in [0.05, 0.1) is 11.8 Å². The first kappa shape index (κ1) is 12.6. The second-order valence-corrected chi connectivity index (χ2v) is 5.61. The Morgan fingerprint density at radius 3 is 2.62 bits per heavy atom. The van der Waals surface area contributed by atoms with Crippen LogP contribution in [0.3, 0.4) is 0 Å². The number of primary amides is 1. The molecule has 0 aliphatic heterocycles. The lowest BCUT2D eigenvalue weighted by atomic mass is 10.2. The fourth-order valence-electron chi connectivity index (χ4n) is 0.950. The molecule has 0 fully saturated rings. The highest BCUT2D eigenvalue weighted by Gasteiger charge is 2.18. The van der Waals surface area contributed by atoms with Crippen molar-refractivity contribution < 1.29 is 17.7 Å². The molecule has 0 aliphatic rings. The van der Waals surface area contributed by atoms with Gasteiger partial charge in [0.1, 0.15) is 9.84 Å². The number of nitrogens with two attached hydrogens (primary N) is 2. The normalized spacial score (nSPS) is 13.6. The first-order valence-corrected chi connectivity index (χ1v) is 6.42. The standard InChI is InChI=1S/C7H12N4O4S/c1-16(13,14)3-2-4(8)7-10-6(5(9)12)11-15-7/h4H,2-3,8H2,1H3,(H2,9,12). The lowest BCUT2D eigenvalue weighted by molar-refractivity contribution is 0.0987. The van der Waals surface area contributed by atoms with Crippen molar-refractivity contribution in [1.82, 2.24) is 10.1 Å². The van der Waals surface area contributed by atoms with Gasteiger partial charge in [0.25, 0.3) is 11.7 Å². The van der Waals surface area contributed by atoms with Crippen LogP contribution in [0.15, 0.2) is 4.52 Å². The van der Waals surface area contributed by atoms with Crippen LogP contribution in [0.1, 0.15) is 29.0 Å². The summed E-state index contributed by atoms with van der Waals surface area (Å²) in [5.74, 6) is -1.20. The van der Waals surface area contributed by atoms with E-state index < -0.39 is 21.8 Å². The molecule has 0 aliphatic carbocycles. The number of aromatic nitrogens is 2. The number of nitrogens with zero attached hydrogens (tertiary/aromatic N) is 2. The number of carbonyl (C=O) groups is 1. The molecule has 0 radical (unpaired) electrons. The topological polar surface area (TPSA) is 142 Å². The van der Waals surface area contributed by atoms with Crippen LogP contribution in [0, 0.1) is 0 Å². The van der Waals surface area contributed by atoms with E-state index in [0.29, 0.717) is 0 Å². The number of amides is 1. The van der Waals surface area contributed by atoms with Gasteiger partial charge in [-0.15, -0.1) is 0 Å². The monoisotopic (exact) mass is 248 g/mol. The minimum absolute atomic E-state index is 0.00236. The lowest BCUT2D eigenvalue weighted by Crippen LogP contribution is -2.17. The molecule has 1 atom stereocenters. The van der Waals surface area contributed by atoms with Crippen molar-refractivity contribution in [3.05, 3.63) is 11.7 Å². The molecule has 1 unspecified atom stereocenters. The van der Waals surface area contributed by atoms with E-state index in [4.69, 9.17) is 11.5 Å². The Labute approximate surface area is 91.9 Å². The first-order valence-electron chi connectivity index (χ1n) is 4.36. The maximum atomic E-state index is 10.9. The smallest absolute Gasteiger partial charge is 0.290 e. The van der Waals surface area contributed by atoms with Crippen molar-refractivity contribution in [2.75, 3.05) is 12.0 Å². The molecule has 0 aromatic carbocycles. The highest BCUT2D eigenvalue weighted by atomic mass is 32.2. The van der Waals surface area contributed by atoms with Crippen molar-refractivity contribution in [1.29, 1.82) is 0 Å². The zero-order valence-electron chi connectivity index (χ0n) is 8.58. The van der Waals surface area contributed by atoms with Crippen molar-refractivity contribution in [2.24, 2.45) is 11.5 Å². The molecule has 16 heavy (non-hydrogen) atoms. The minimum atomic E-state index is -3.10. The highest BCUT2D eigenvalue weighted by molar-refractivity contribution is 7.90. The molecule has 1 heterocycles. The SMILES string of the molecule is CS(=O)(=O)CCC(N)c1nc(C(N)=O)no1. The zero-order valence-corrected chi connectivity index (χ0v) is 9.40. The molecule has 9 heteroatoms. The van der Waals surface area contributed by atoms with Gasteiger partial charge in [-0.3, -0.25) is 4.79 Å². The van der Waals surface area contributed by atoms with Gasteiger partial charge in [-0.05, 0) is 6.42 Å². The predicted molar refractivity (Wildman–Crippen MR) is 54.1 cm³/mol.